The van der Waals surface area contributed by atoms with Crippen molar-refractivity contribution in [1.82, 2.24) is 4.90 Å². The highest BCUT2D eigenvalue weighted by atomic mass is 16.2. The highest BCUT2D eigenvalue weighted by molar-refractivity contribution is 5.79. The van der Waals surface area contributed by atoms with Crippen LogP contribution in [0.25, 0.3) is 0 Å². The van der Waals surface area contributed by atoms with Crippen LogP contribution in [0.1, 0.15) is 33.1 Å². The summed E-state index contributed by atoms with van der Waals surface area (Å²) in [6.45, 7) is 5.48. The standard InChI is InChI=1S/C9H15NO/c1-9(2)5-7-3-4-8(11)10(7)6-9/h7H,3-6H2,1-2H3. The summed E-state index contributed by atoms with van der Waals surface area (Å²) in [5, 5.41) is 0. The second-order valence-corrected chi connectivity index (χ2v) is 4.58. The maximum atomic E-state index is 11.3. The topological polar surface area (TPSA) is 20.3 Å². The van der Waals surface area contributed by atoms with Crippen LogP contribution in [0.15, 0.2) is 0 Å². The highest BCUT2D eigenvalue weighted by Gasteiger charge is 2.43. The van der Waals surface area contributed by atoms with E-state index in [9.17, 15) is 4.79 Å². The first-order valence-electron chi connectivity index (χ1n) is 4.38. The SMILES string of the molecule is CC1(C)CC2CCC(=O)N2C1. The third kappa shape index (κ3) is 1.05. The number of rotatable bonds is 0. The first-order valence-corrected chi connectivity index (χ1v) is 4.38. The number of hydrogen-bond acceptors (Lipinski definition) is 1. The van der Waals surface area contributed by atoms with Crippen LogP contribution in [0.4, 0.5) is 0 Å². The molecule has 2 aliphatic rings. The lowest BCUT2D eigenvalue weighted by Gasteiger charge is -2.17. The van der Waals surface area contributed by atoms with Gasteiger partial charge >= 0.3 is 0 Å². The van der Waals surface area contributed by atoms with Crippen LogP contribution in [0.5, 0.6) is 0 Å². The Balaban J connectivity index is 2.16. The van der Waals surface area contributed by atoms with E-state index < -0.39 is 0 Å². The summed E-state index contributed by atoms with van der Waals surface area (Å²) in [7, 11) is 0. The molecule has 1 amide bonds. The molecule has 0 radical (unpaired) electrons. The van der Waals surface area contributed by atoms with Crippen molar-refractivity contribution < 1.29 is 4.79 Å². The molecular formula is C9H15NO. The second kappa shape index (κ2) is 1.99. The van der Waals surface area contributed by atoms with E-state index in [0.29, 0.717) is 17.4 Å². The van der Waals surface area contributed by atoms with E-state index in [2.05, 4.69) is 18.7 Å². The van der Waals surface area contributed by atoms with Gasteiger partial charge in [0, 0.05) is 19.0 Å². The Morgan fingerprint density at radius 2 is 2.27 bits per heavy atom. The molecular weight excluding hydrogens is 138 g/mol. The molecule has 0 aromatic heterocycles. The van der Waals surface area contributed by atoms with Gasteiger partial charge < -0.3 is 4.90 Å². The molecule has 62 valence electrons. The summed E-state index contributed by atoms with van der Waals surface area (Å²) in [6.07, 6.45) is 3.10. The first-order chi connectivity index (χ1) is 5.08. The molecule has 2 nitrogen and oxygen atoms in total. The number of fused-ring (bicyclic) bond motifs is 1. The van der Waals surface area contributed by atoms with Crippen molar-refractivity contribution in [3.05, 3.63) is 0 Å². The lowest BCUT2D eigenvalue weighted by Crippen LogP contribution is -2.28. The summed E-state index contributed by atoms with van der Waals surface area (Å²) in [5.74, 6) is 0.376. The molecule has 2 aliphatic heterocycles. The predicted molar refractivity (Wildman–Crippen MR) is 43.1 cm³/mol. The van der Waals surface area contributed by atoms with Gasteiger partial charge in [0.25, 0.3) is 0 Å². The smallest absolute Gasteiger partial charge is 0.222 e. The summed E-state index contributed by atoms with van der Waals surface area (Å²) in [5.41, 5.74) is 0.376. The molecule has 0 bridgehead atoms. The van der Waals surface area contributed by atoms with Crippen molar-refractivity contribution in [1.29, 1.82) is 0 Å². The van der Waals surface area contributed by atoms with Crippen LogP contribution in [0.3, 0.4) is 0 Å². The van der Waals surface area contributed by atoms with Crippen LogP contribution in [0, 0.1) is 5.41 Å². The van der Waals surface area contributed by atoms with Gasteiger partial charge in [-0.15, -0.1) is 0 Å². The van der Waals surface area contributed by atoms with E-state index in [4.69, 9.17) is 0 Å². The van der Waals surface area contributed by atoms with Crippen molar-refractivity contribution >= 4 is 5.91 Å². The summed E-state index contributed by atoms with van der Waals surface area (Å²) in [6, 6.07) is 0.581. The van der Waals surface area contributed by atoms with E-state index >= 15 is 0 Å². The maximum absolute atomic E-state index is 11.3. The molecule has 1 atom stereocenters. The normalized spacial score (nSPS) is 34.5. The van der Waals surface area contributed by atoms with E-state index in [-0.39, 0.29) is 0 Å². The van der Waals surface area contributed by atoms with Gasteiger partial charge in [-0.3, -0.25) is 4.79 Å². The number of carbonyl (C=O) groups is 1. The Kier molecular flexibility index (Phi) is 1.29. The number of hydrogen-bond donors (Lipinski definition) is 0. The summed E-state index contributed by atoms with van der Waals surface area (Å²) in [4.78, 5) is 13.3. The fourth-order valence-corrected chi connectivity index (χ4v) is 2.39. The Labute approximate surface area is 67.6 Å². The Hall–Kier alpha value is -0.530. The minimum Gasteiger partial charge on any atom is -0.339 e. The fraction of sp³-hybridized carbons (Fsp3) is 0.889. The third-order valence-electron chi connectivity index (χ3n) is 2.84. The van der Waals surface area contributed by atoms with Crippen molar-refractivity contribution in [2.24, 2.45) is 5.41 Å². The zero-order chi connectivity index (χ0) is 8.06. The number of amides is 1. The van der Waals surface area contributed by atoms with E-state index in [1.165, 1.54) is 6.42 Å². The van der Waals surface area contributed by atoms with Crippen LogP contribution in [-0.4, -0.2) is 23.4 Å². The van der Waals surface area contributed by atoms with Crippen LogP contribution < -0.4 is 0 Å². The van der Waals surface area contributed by atoms with E-state index in [1.54, 1.807) is 0 Å². The second-order valence-electron chi connectivity index (χ2n) is 4.58. The van der Waals surface area contributed by atoms with Crippen molar-refractivity contribution in [2.45, 2.75) is 39.2 Å². The zero-order valence-corrected chi connectivity index (χ0v) is 7.26. The monoisotopic (exact) mass is 153 g/mol. The van der Waals surface area contributed by atoms with Gasteiger partial charge in [-0.1, -0.05) is 13.8 Å². The first kappa shape index (κ1) is 7.14. The fourth-order valence-electron chi connectivity index (χ4n) is 2.39. The zero-order valence-electron chi connectivity index (χ0n) is 7.26. The minimum absolute atomic E-state index is 0.376. The van der Waals surface area contributed by atoms with Gasteiger partial charge in [0.15, 0.2) is 0 Å². The van der Waals surface area contributed by atoms with Crippen LogP contribution >= 0.6 is 0 Å². The Morgan fingerprint density at radius 1 is 1.55 bits per heavy atom. The number of carbonyl (C=O) groups excluding carboxylic acids is 1. The molecule has 2 rings (SSSR count). The molecule has 0 spiro atoms. The molecule has 0 aliphatic carbocycles. The molecule has 2 saturated heterocycles. The predicted octanol–water partition coefficient (Wildman–Crippen LogP) is 1.41. The Morgan fingerprint density at radius 3 is 2.91 bits per heavy atom. The van der Waals surface area contributed by atoms with Crippen molar-refractivity contribution in [3.8, 4) is 0 Å². The van der Waals surface area contributed by atoms with E-state index in [0.717, 1.165) is 19.4 Å². The van der Waals surface area contributed by atoms with Gasteiger partial charge in [0.05, 0.1) is 0 Å². The lowest BCUT2D eigenvalue weighted by atomic mass is 9.89. The molecule has 2 fully saturated rings. The van der Waals surface area contributed by atoms with Crippen LogP contribution in [0.2, 0.25) is 0 Å². The van der Waals surface area contributed by atoms with Crippen molar-refractivity contribution in [2.75, 3.05) is 6.54 Å². The quantitative estimate of drug-likeness (QED) is 0.515. The van der Waals surface area contributed by atoms with Gasteiger partial charge in [-0.25, -0.2) is 0 Å². The maximum Gasteiger partial charge on any atom is 0.222 e. The lowest BCUT2D eigenvalue weighted by molar-refractivity contribution is -0.128. The molecule has 2 heterocycles. The van der Waals surface area contributed by atoms with E-state index in [1.807, 2.05) is 0 Å². The highest BCUT2D eigenvalue weighted by Crippen LogP contribution is 2.39. The van der Waals surface area contributed by atoms with Gasteiger partial charge in [0.1, 0.15) is 0 Å². The molecule has 11 heavy (non-hydrogen) atoms. The van der Waals surface area contributed by atoms with Gasteiger partial charge in [-0.05, 0) is 18.3 Å². The largest absolute Gasteiger partial charge is 0.339 e. The molecule has 0 N–H and O–H groups in total. The summed E-state index contributed by atoms with van der Waals surface area (Å²) < 4.78 is 0. The third-order valence-corrected chi connectivity index (χ3v) is 2.84. The minimum atomic E-state index is 0.376. The van der Waals surface area contributed by atoms with Gasteiger partial charge in [-0.2, -0.15) is 0 Å². The Bertz CT molecular complexity index is 198. The number of nitrogens with zero attached hydrogens (tertiary/aromatic N) is 1. The summed E-state index contributed by atoms with van der Waals surface area (Å²) >= 11 is 0. The molecule has 1 unspecified atom stereocenters. The molecule has 0 aromatic rings. The molecule has 0 saturated carbocycles. The molecule has 2 heteroatoms. The van der Waals surface area contributed by atoms with Crippen molar-refractivity contribution in [3.63, 3.8) is 0 Å². The molecule has 0 aromatic carbocycles. The average molecular weight is 153 g/mol. The van der Waals surface area contributed by atoms with Gasteiger partial charge in [0.2, 0.25) is 5.91 Å². The van der Waals surface area contributed by atoms with Crippen LogP contribution in [-0.2, 0) is 4.79 Å². The average Bonchev–Trinajstić information content (AvgIpc) is 2.31.